The molecule has 1 amide bonds. The fourth-order valence-corrected chi connectivity index (χ4v) is 6.68. The van der Waals surface area contributed by atoms with Gasteiger partial charge in [-0.3, -0.25) is 14.5 Å². The average molecular weight is 570 g/mol. The number of halogens is 4. The van der Waals surface area contributed by atoms with E-state index < -0.39 is 23.1 Å². The quantitative estimate of drug-likeness (QED) is 0.371. The molecule has 2 atom stereocenters. The molecule has 0 unspecified atom stereocenters. The summed E-state index contributed by atoms with van der Waals surface area (Å²) in [6, 6.07) is 3.63. The van der Waals surface area contributed by atoms with Gasteiger partial charge in [0.2, 0.25) is 5.91 Å². The van der Waals surface area contributed by atoms with E-state index in [-0.39, 0.29) is 48.0 Å². The van der Waals surface area contributed by atoms with Crippen LogP contribution in [0.15, 0.2) is 29.8 Å². The number of hydrogen-bond acceptors (Lipinski definition) is 4. The molecule has 3 aliphatic rings. The minimum atomic E-state index is -4.57. The van der Waals surface area contributed by atoms with Gasteiger partial charge >= 0.3 is 12.1 Å². The molecule has 6 nitrogen and oxygen atoms in total. The van der Waals surface area contributed by atoms with Crippen molar-refractivity contribution in [1.29, 1.82) is 0 Å². The summed E-state index contributed by atoms with van der Waals surface area (Å²) in [5, 5.41) is 12.8. The summed E-state index contributed by atoms with van der Waals surface area (Å²) in [4.78, 5) is 29.7. The highest BCUT2D eigenvalue weighted by Gasteiger charge is 2.52. The molecule has 0 radical (unpaired) electrons. The molecule has 2 N–H and O–H groups in total. The molecule has 1 aromatic carbocycles. The third-order valence-electron chi connectivity index (χ3n) is 8.76. The topological polar surface area (TPSA) is 72.9 Å². The summed E-state index contributed by atoms with van der Waals surface area (Å²) in [7, 11) is 0. The molecule has 39 heavy (non-hydrogen) atoms. The highest BCUT2D eigenvalue weighted by Crippen LogP contribution is 2.42. The van der Waals surface area contributed by atoms with E-state index >= 15 is 0 Å². The molecule has 2 fully saturated rings. The van der Waals surface area contributed by atoms with E-state index in [1.54, 1.807) is 10.5 Å². The van der Waals surface area contributed by atoms with Crippen LogP contribution in [0.5, 0.6) is 0 Å². The number of likely N-dealkylation sites (tertiary alicyclic amines) is 2. The van der Waals surface area contributed by atoms with Crippen molar-refractivity contribution in [3.05, 3.63) is 46.0 Å². The molecule has 10 heteroatoms. The number of aliphatic carboxylic acids is 1. The Morgan fingerprint density at radius 1 is 1.18 bits per heavy atom. The summed E-state index contributed by atoms with van der Waals surface area (Å²) >= 11 is 6.17. The molecule has 0 aromatic heterocycles. The zero-order chi connectivity index (χ0) is 28.2. The smallest absolute Gasteiger partial charge is 0.416 e. The minimum Gasteiger partial charge on any atom is -0.481 e. The van der Waals surface area contributed by atoms with Gasteiger partial charge in [0.05, 0.1) is 17.4 Å². The van der Waals surface area contributed by atoms with Crippen molar-refractivity contribution < 1.29 is 27.9 Å². The average Bonchev–Trinajstić information content (AvgIpc) is 3.19. The van der Waals surface area contributed by atoms with E-state index in [2.05, 4.69) is 16.3 Å². The van der Waals surface area contributed by atoms with E-state index in [4.69, 9.17) is 11.6 Å². The van der Waals surface area contributed by atoms with Gasteiger partial charge in [-0.1, -0.05) is 36.2 Å². The number of piperidine rings is 1. The first-order valence-corrected chi connectivity index (χ1v) is 14.4. The summed E-state index contributed by atoms with van der Waals surface area (Å²) in [5.41, 5.74) is -0.543. The summed E-state index contributed by atoms with van der Waals surface area (Å²) in [6.45, 7) is 4.82. The maximum Gasteiger partial charge on any atom is 0.416 e. The van der Waals surface area contributed by atoms with Crippen LogP contribution in [0.2, 0.25) is 5.02 Å². The number of nitrogens with one attached hydrogen (secondary N) is 1. The number of carbonyl (C=O) groups excluding carboxylic acids is 1. The van der Waals surface area contributed by atoms with Crippen LogP contribution in [0.3, 0.4) is 0 Å². The molecule has 0 saturated carbocycles. The number of carboxylic acids is 1. The largest absolute Gasteiger partial charge is 0.481 e. The Hall–Kier alpha value is -2.10. The van der Waals surface area contributed by atoms with Gasteiger partial charge in [-0.15, -0.1) is 0 Å². The molecule has 216 valence electrons. The lowest BCUT2D eigenvalue weighted by Crippen LogP contribution is -2.53. The van der Waals surface area contributed by atoms with Gasteiger partial charge in [-0.2, -0.15) is 13.2 Å². The van der Waals surface area contributed by atoms with E-state index in [0.717, 1.165) is 45.0 Å². The number of alkyl halides is 3. The van der Waals surface area contributed by atoms with Gasteiger partial charge in [0.1, 0.15) is 0 Å². The Bertz CT molecular complexity index is 1070. The zero-order valence-electron chi connectivity index (χ0n) is 22.5. The van der Waals surface area contributed by atoms with Crippen LogP contribution in [0.25, 0.3) is 0 Å². The highest BCUT2D eigenvalue weighted by molar-refractivity contribution is 6.31. The second kappa shape index (κ2) is 12.6. The van der Waals surface area contributed by atoms with Crippen LogP contribution >= 0.6 is 11.6 Å². The van der Waals surface area contributed by atoms with E-state index in [0.29, 0.717) is 6.54 Å². The van der Waals surface area contributed by atoms with Crippen molar-refractivity contribution in [1.82, 2.24) is 15.1 Å². The molecule has 1 aliphatic carbocycles. The number of hydrogen-bond donors (Lipinski definition) is 2. The van der Waals surface area contributed by atoms with E-state index in [9.17, 15) is 27.9 Å². The minimum absolute atomic E-state index is 0.00389. The third kappa shape index (κ3) is 7.35. The van der Waals surface area contributed by atoms with Crippen molar-refractivity contribution >= 4 is 23.5 Å². The van der Waals surface area contributed by atoms with Gasteiger partial charge in [0.25, 0.3) is 0 Å². The zero-order valence-corrected chi connectivity index (χ0v) is 23.3. The lowest BCUT2D eigenvalue weighted by Gasteiger charge is -2.36. The second-order valence-corrected chi connectivity index (χ2v) is 11.9. The molecule has 2 saturated heterocycles. The number of allylic oxidation sites excluding steroid dienone is 1. The van der Waals surface area contributed by atoms with Crippen LogP contribution in [0.1, 0.15) is 69.4 Å². The monoisotopic (exact) mass is 569 g/mol. The first-order valence-electron chi connectivity index (χ1n) is 14.0. The molecule has 0 bridgehead atoms. The number of carbonyl (C=O) groups is 2. The van der Waals surface area contributed by atoms with Crippen LogP contribution < -0.4 is 5.32 Å². The van der Waals surface area contributed by atoms with Gasteiger partial charge < -0.3 is 15.3 Å². The van der Waals surface area contributed by atoms with Crippen molar-refractivity contribution in [3.63, 3.8) is 0 Å². The summed E-state index contributed by atoms with van der Waals surface area (Å²) in [6.07, 6.45) is 5.04. The maximum atomic E-state index is 13.7. The molecule has 2 heterocycles. The van der Waals surface area contributed by atoms with Crippen molar-refractivity contribution in [2.24, 2.45) is 11.3 Å². The van der Waals surface area contributed by atoms with Crippen LogP contribution in [-0.4, -0.2) is 65.5 Å². The summed E-state index contributed by atoms with van der Waals surface area (Å²) in [5.74, 6) is -1.77. The Kier molecular flexibility index (Phi) is 9.65. The maximum absolute atomic E-state index is 13.7. The van der Waals surface area contributed by atoms with Gasteiger partial charge in [0, 0.05) is 50.3 Å². The molecule has 1 aromatic rings. The Labute approximate surface area is 233 Å². The van der Waals surface area contributed by atoms with Crippen LogP contribution in [0, 0.1) is 11.3 Å². The number of benzene rings is 1. The number of amides is 1. The predicted molar refractivity (Wildman–Crippen MR) is 144 cm³/mol. The number of rotatable bonds is 9. The lowest BCUT2D eigenvalue weighted by molar-refractivity contribution is -0.147. The van der Waals surface area contributed by atoms with E-state index in [1.807, 2.05) is 6.92 Å². The molecule has 2 aliphatic heterocycles. The van der Waals surface area contributed by atoms with Gasteiger partial charge in [0.15, 0.2) is 0 Å². The standard InChI is InChI=1S/C29H39ClF3N3O3/c1-20-17-36(18-23-24(29(31,32)33)8-5-9-25(23)30)19-28(20,16-26(37)38)27(39)34-22-11-14-35(15-12-22)13-10-21-6-3-2-4-7-21/h5-6,8-9,20,22H,2-4,7,10-19H2,1H3,(H,34,39)(H,37,38)/t20-,28+/m0/s1. The molecular weight excluding hydrogens is 531 g/mol. The predicted octanol–water partition coefficient (Wildman–Crippen LogP) is 5.74. The normalized spacial score (nSPS) is 25.5. The Morgan fingerprint density at radius 3 is 2.56 bits per heavy atom. The number of nitrogens with zero attached hydrogens (tertiary/aromatic N) is 2. The van der Waals surface area contributed by atoms with E-state index in [1.165, 1.54) is 37.8 Å². The van der Waals surface area contributed by atoms with Gasteiger partial charge in [-0.05, 0) is 68.6 Å². The first-order chi connectivity index (χ1) is 18.5. The second-order valence-electron chi connectivity index (χ2n) is 11.5. The van der Waals surface area contributed by atoms with Crippen molar-refractivity contribution in [2.75, 3.05) is 32.7 Å². The van der Waals surface area contributed by atoms with Crippen LogP contribution in [0.4, 0.5) is 13.2 Å². The molecule has 0 spiro atoms. The molecule has 4 rings (SSSR count). The SMILES string of the molecule is C[C@H]1CN(Cc2c(Cl)cccc2C(F)(F)F)C[C@@]1(CC(=O)O)C(=O)NC1CCN(CCC2=CCCCC2)CC1. The molecular formula is C29H39ClF3N3O3. The lowest BCUT2D eigenvalue weighted by atomic mass is 9.75. The Balaban J connectivity index is 1.39. The van der Waals surface area contributed by atoms with Crippen LogP contribution in [-0.2, 0) is 22.3 Å². The fourth-order valence-electron chi connectivity index (χ4n) is 6.45. The first kappa shape index (κ1) is 29.9. The van der Waals surface area contributed by atoms with Crippen molar-refractivity contribution in [3.8, 4) is 0 Å². The van der Waals surface area contributed by atoms with Gasteiger partial charge in [-0.25, -0.2) is 0 Å². The fraction of sp³-hybridized carbons (Fsp3) is 0.655. The van der Waals surface area contributed by atoms with Crippen molar-refractivity contribution in [2.45, 2.75) is 77.1 Å². The highest BCUT2D eigenvalue weighted by atomic mass is 35.5. The Morgan fingerprint density at radius 2 is 1.92 bits per heavy atom. The third-order valence-corrected chi connectivity index (χ3v) is 9.12. The number of carboxylic acid groups (broad SMARTS) is 1. The summed E-state index contributed by atoms with van der Waals surface area (Å²) < 4.78 is 40.9.